The minimum Gasteiger partial charge on any atom is -0.496 e. The molecule has 0 unspecified atom stereocenters. The average Bonchev–Trinajstić information content (AvgIpc) is 2.55. The Hall–Kier alpha value is -2.41. The predicted molar refractivity (Wildman–Crippen MR) is 90.7 cm³/mol. The SMILES string of the molecule is COc1ccc(C(=O)OCC(=O)Nc2ccc(C)cc2F)cc1Br. The van der Waals surface area contributed by atoms with E-state index < -0.39 is 24.3 Å². The molecule has 0 aliphatic rings. The second kappa shape index (κ2) is 7.92. The number of benzene rings is 2. The zero-order valence-electron chi connectivity index (χ0n) is 13.1. The molecule has 0 fully saturated rings. The second-order valence-corrected chi connectivity index (χ2v) is 5.81. The molecule has 0 radical (unpaired) electrons. The molecule has 1 N–H and O–H groups in total. The monoisotopic (exact) mass is 395 g/mol. The molecule has 0 aliphatic carbocycles. The maximum absolute atomic E-state index is 13.7. The molecule has 24 heavy (non-hydrogen) atoms. The Balaban J connectivity index is 1.93. The van der Waals surface area contributed by atoms with Crippen LogP contribution in [0.5, 0.6) is 5.75 Å². The lowest BCUT2D eigenvalue weighted by molar-refractivity contribution is -0.119. The van der Waals surface area contributed by atoms with Crippen molar-refractivity contribution in [2.45, 2.75) is 6.92 Å². The topological polar surface area (TPSA) is 64.6 Å². The molecule has 0 saturated carbocycles. The molecule has 0 aromatic heterocycles. The number of carbonyl (C=O) groups excluding carboxylic acids is 2. The summed E-state index contributed by atoms with van der Waals surface area (Å²) in [5.74, 6) is -1.27. The molecular weight excluding hydrogens is 381 g/mol. The third kappa shape index (κ3) is 4.55. The second-order valence-electron chi connectivity index (χ2n) is 4.96. The van der Waals surface area contributed by atoms with E-state index in [0.717, 1.165) is 5.56 Å². The quantitative estimate of drug-likeness (QED) is 0.783. The van der Waals surface area contributed by atoms with Gasteiger partial charge in [-0.25, -0.2) is 9.18 Å². The number of anilines is 1. The molecule has 7 heteroatoms. The van der Waals surface area contributed by atoms with Gasteiger partial charge in [-0.3, -0.25) is 4.79 Å². The summed E-state index contributed by atoms with van der Waals surface area (Å²) in [6, 6.07) is 9.06. The Morgan fingerprint density at radius 3 is 2.58 bits per heavy atom. The molecule has 5 nitrogen and oxygen atoms in total. The minimum atomic E-state index is -0.669. The van der Waals surface area contributed by atoms with Crippen LogP contribution in [0, 0.1) is 12.7 Å². The van der Waals surface area contributed by atoms with Crippen molar-refractivity contribution in [1.29, 1.82) is 0 Å². The van der Waals surface area contributed by atoms with Gasteiger partial charge in [-0.2, -0.15) is 0 Å². The number of hydrogen-bond donors (Lipinski definition) is 1. The smallest absolute Gasteiger partial charge is 0.338 e. The van der Waals surface area contributed by atoms with Crippen molar-refractivity contribution in [2.75, 3.05) is 19.0 Å². The van der Waals surface area contributed by atoms with Gasteiger partial charge in [0.25, 0.3) is 5.91 Å². The summed E-state index contributed by atoms with van der Waals surface area (Å²) in [5.41, 5.74) is 1.04. The van der Waals surface area contributed by atoms with Gasteiger partial charge in [-0.05, 0) is 58.7 Å². The van der Waals surface area contributed by atoms with Gasteiger partial charge >= 0.3 is 5.97 Å². The van der Waals surface area contributed by atoms with Gasteiger partial charge in [0.05, 0.1) is 22.8 Å². The van der Waals surface area contributed by atoms with Crippen molar-refractivity contribution in [2.24, 2.45) is 0 Å². The molecule has 1 amide bonds. The van der Waals surface area contributed by atoms with Gasteiger partial charge in [0, 0.05) is 0 Å². The van der Waals surface area contributed by atoms with Gasteiger partial charge in [-0.1, -0.05) is 6.07 Å². The lowest BCUT2D eigenvalue weighted by Crippen LogP contribution is -2.21. The van der Waals surface area contributed by atoms with Gasteiger partial charge in [0.15, 0.2) is 6.61 Å². The Kier molecular flexibility index (Phi) is 5.92. The van der Waals surface area contributed by atoms with E-state index in [-0.39, 0.29) is 11.3 Å². The summed E-state index contributed by atoms with van der Waals surface area (Å²) in [6.45, 7) is 1.22. The first-order valence-electron chi connectivity index (χ1n) is 6.97. The number of carbonyl (C=O) groups is 2. The molecule has 126 valence electrons. The van der Waals surface area contributed by atoms with Crippen LogP contribution in [0.25, 0.3) is 0 Å². The first-order valence-corrected chi connectivity index (χ1v) is 7.76. The van der Waals surface area contributed by atoms with E-state index in [1.54, 1.807) is 19.1 Å². The van der Waals surface area contributed by atoms with Gasteiger partial charge in [0.2, 0.25) is 0 Å². The standard InChI is InChI=1S/C17H15BrFNO4/c1-10-3-5-14(13(19)7-10)20-16(21)9-24-17(22)11-4-6-15(23-2)12(18)8-11/h3-8H,9H2,1-2H3,(H,20,21). The lowest BCUT2D eigenvalue weighted by Gasteiger charge is -2.09. The highest BCUT2D eigenvalue weighted by Crippen LogP contribution is 2.25. The highest BCUT2D eigenvalue weighted by molar-refractivity contribution is 9.10. The molecule has 2 aromatic rings. The van der Waals surface area contributed by atoms with Crippen LogP contribution < -0.4 is 10.1 Å². The molecule has 0 atom stereocenters. The number of halogens is 2. The van der Waals surface area contributed by atoms with E-state index in [1.165, 1.54) is 31.4 Å². The normalized spacial score (nSPS) is 10.2. The summed E-state index contributed by atoms with van der Waals surface area (Å²) in [5, 5.41) is 2.35. The van der Waals surface area contributed by atoms with Crippen LogP contribution in [-0.4, -0.2) is 25.6 Å². The summed E-state index contributed by atoms with van der Waals surface area (Å²) < 4.78 is 24.2. The maximum Gasteiger partial charge on any atom is 0.338 e. The van der Waals surface area contributed by atoms with Crippen molar-refractivity contribution >= 4 is 33.5 Å². The van der Waals surface area contributed by atoms with Crippen LogP contribution in [-0.2, 0) is 9.53 Å². The number of nitrogens with one attached hydrogen (secondary N) is 1. The number of aryl methyl sites for hydroxylation is 1. The van der Waals surface area contributed by atoms with Crippen LogP contribution in [0.3, 0.4) is 0 Å². The molecule has 0 aliphatic heterocycles. The zero-order chi connectivity index (χ0) is 17.7. The Morgan fingerprint density at radius 2 is 1.96 bits per heavy atom. The predicted octanol–water partition coefficient (Wildman–Crippen LogP) is 3.70. The Labute approximate surface area is 146 Å². The van der Waals surface area contributed by atoms with E-state index in [0.29, 0.717) is 10.2 Å². The van der Waals surface area contributed by atoms with Crippen molar-refractivity contribution in [1.82, 2.24) is 0 Å². The van der Waals surface area contributed by atoms with Crippen LogP contribution >= 0.6 is 15.9 Å². The third-order valence-electron chi connectivity index (χ3n) is 3.12. The van der Waals surface area contributed by atoms with Crippen molar-refractivity contribution < 1.29 is 23.5 Å². The summed E-state index contributed by atoms with van der Waals surface area (Å²) in [6.07, 6.45) is 0. The van der Waals surface area contributed by atoms with E-state index in [9.17, 15) is 14.0 Å². The summed E-state index contributed by atoms with van der Waals surface area (Å²) >= 11 is 3.26. The number of ether oxygens (including phenoxy) is 2. The molecule has 0 spiro atoms. The minimum absolute atomic E-state index is 0.0360. The Bertz CT molecular complexity index is 779. The molecule has 2 rings (SSSR count). The number of esters is 1. The molecular formula is C17H15BrFNO4. The van der Waals surface area contributed by atoms with Crippen molar-refractivity contribution in [3.8, 4) is 5.75 Å². The van der Waals surface area contributed by atoms with Crippen LogP contribution in [0.1, 0.15) is 15.9 Å². The fraction of sp³-hybridized carbons (Fsp3) is 0.176. The van der Waals surface area contributed by atoms with Gasteiger partial charge < -0.3 is 14.8 Å². The summed E-state index contributed by atoms with van der Waals surface area (Å²) in [4.78, 5) is 23.7. The Morgan fingerprint density at radius 1 is 1.21 bits per heavy atom. The van der Waals surface area contributed by atoms with E-state index in [4.69, 9.17) is 9.47 Å². The molecule has 0 bridgehead atoms. The summed E-state index contributed by atoms with van der Waals surface area (Å²) in [7, 11) is 1.51. The number of amides is 1. The van der Waals surface area contributed by atoms with Gasteiger partial charge in [0.1, 0.15) is 11.6 Å². The number of rotatable bonds is 5. The molecule has 0 saturated heterocycles. The fourth-order valence-electron chi connectivity index (χ4n) is 1.92. The average molecular weight is 396 g/mol. The van der Waals surface area contributed by atoms with Crippen LogP contribution in [0.4, 0.5) is 10.1 Å². The van der Waals surface area contributed by atoms with Crippen LogP contribution in [0.15, 0.2) is 40.9 Å². The lowest BCUT2D eigenvalue weighted by atomic mass is 10.2. The first kappa shape index (κ1) is 17.9. The van der Waals surface area contributed by atoms with Crippen molar-refractivity contribution in [3.05, 3.63) is 57.8 Å². The highest BCUT2D eigenvalue weighted by atomic mass is 79.9. The van der Waals surface area contributed by atoms with E-state index in [1.807, 2.05) is 0 Å². The van der Waals surface area contributed by atoms with E-state index >= 15 is 0 Å². The number of hydrogen-bond acceptors (Lipinski definition) is 4. The highest BCUT2D eigenvalue weighted by Gasteiger charge is 2.13. The fourth-order valence-corrected chi connectivity index (χ4v) is 2.46. The maximum atomic E-state index is 13.7. The van der Waals surface area contributed by atoms with Crippen molar-refractivity contribution in [3.63, 3.8) is 0 Å². The van der Waals surface area contributed by atoms with Crippen LogP contribution in [0.2, 0.25) is 0 Å². The third-order valence-corrected chi connectivity index (χ3v) is 3.74. The molecule has 0 heterocycles. The van der Waals surface area contributed by atoms with Gasteiger partial charge in [-0.15, -0.1) is 0 Å². The first-order chi connectivity index (χ1) is 11.4. The zero-order valence-corrected chi connectivity index (χ0v) is 14.6. The number of methoxy groups -OCH3 is 1. The molecule has 2 aromatic carbocycles. The largest absolute Gasteiger partial charge is 0.496 e. The van der Waals surface area contributed by atoms with E-state index in [2.05, 4.69) is 21.2 Å².